The molecule has 2 amide bonds. The minimum Gasteiger partial charge on any atom is -0.347 e. The molecule has 1 heterocycles. The van der Waals surface area contributed by atoms with E-state index in [0.717, 1.165) is 25.9 Å². The maximum Gasteiger partial charge on any atom is 0.242 e. The zero-order chi connectivity index (χ0) is 16.7. The zero-order valence-electron chi connectivity index (χ0n) is 13.9. The number of carbonyl (C=O) groups is 2. The molecule has 1 aromatic carbocycles. The molecule has 1 aromatic rings. The van der Waals surface area contributed by atoms with Gasteiger partial charge in [0.1, 0.15) is 5.82 Å². The highest BCUT2D eigenvalue weighted by Gasteiger charge is 2.25. The predicted molar refractivity (Wildman–Crippen MR) is 93.6 cm³/mol. The Morgan fingerprint density at radius 3 is 2.83 bits per heavy atom. The molecular formula is C17H25ClFN3O2. The maximum absolute atomic E-state index is 13.1. The Bertz CT molecular complexity index is 550. The van der Waals surface area contributed by atoms with Crippen LogP contribution in [0, 0.1) is 5.82 Å². The van der Waals surface area contributed by atoms with Gasteiger partial charge in [0.15, 0.2) is 0 Å². The molecule has 1 atom stereocenters. The quantitative estimate of drug-likeness (QED) is 0.777. The topological polar surface area (TPSA) is 61.4 Å². The summed E-state index contributed by atoms with van der Waals surface area (Å²) in [7, 11) is 0. The van der Waals surface area contributed by atoms with E-state index < -0.39 is 0 Å². The van der Waals surface area contributed by atoms with E-state index in [-0.39, 0.29) is 49.0 Å². The van der Waals surface area contributed by atoms with Crippen molar-refractivity contribution in [1.29, 1.82) is 0 Å². The zero-order valence-corrected chi connectivity index (χ0v) is 14.7. The number of hydrogen-bond donors (Lipinski definition) is 2. The lowest BCUT2D eigenvalue weighted by molar-refractivity contribution is -0.134. The van der Waals surface area contributed by atoms with Crippen molar-refractivity contribution in [3.8, 4) is 0 Å². The van der Waals surface area contributed by atoms with Gasteiger partial charge in [0.05, 0.1) is 13.0 Å². The summed E-state index contributed by atoms with van der Waals surface area (Å²) in [5.41, 5.74) is 0.598. The van der Waals surface area contributed by atoms with Gasteiger partial charge in [-0.2, -0.15) is 0 Å². The summed E-state index contributed by atoms with van der Waals surface area (Å²) >= 11 is 0. The lowest BCUT2D eigenvalue weighted by Gasteiger charge is -2.28. The first-order valence-corrected chi connectivity index (χ1v) is 8.11. The maximum atomic E-state index is 13.1. The van der Waals surface area contributed by atoms with Crippen LogP contribution in [-0.2, 0) is 16.0 Å². The van der Waals surface area contributed by atoms with Crippen LogP contribution in [0.4, 0.5) is 4.39 Å². The van der Waals surface area contributed by atoms with Crippen LogP contribution in [0.2, 0.25) is 0 Å². The van der Waals surface area contributed by atoms with Crippen LogP contribution in [0.15, 0.2) is 24.3 Å². The van der Waals surface area contributed by atoms with Gasteiger partial charge in [0.25, 0.3) is 0 Å². The van der Waals surface area contributed by atoms with Crippen LogP contribution in [-0.4, -0.2) is 48.9 Å². The van der Waals surface area contributed by atoms with Gasteiger partial charge in [-0.15, -0.1) is 12.4 Å². The summed E-state index contributed by atoms with van der Waals surface area (Å²) in [6.45, 7) is 4.45. The summed E-state index contributed by atoms with van der Waals surface area (Å²) in [5.74, 6) is -0.702. The number of hydrogen-bond acceptors (Lipinski definition) is 3. The highest BCUT2D eigenvalue weighted by Crippen LogP contribution is 2.09. The average Bonchev–Trinajstić information content (AvgIpc) is 3.04. The molecule has 1 fully saturated rings. The van der Waals surface area contributed by atoms with Gasteiger partial charge >= 0.3 is 0 Å². The van der Waals surface area contributed by atoms with Gasteiger partial charge in [-0.05, 0) is 37.1 Å². The molecule has 134 valence electrons. The Morgan fingerprint density at radius 1 is 1.42 bits per heavy atom. The van der Waals surface area contributed by atoms with Crippen LogP contribution >= 0.6 is 12.4 Å². The van der Waals surface area contributed by atoms with Crippen molar-refractivity contribution in [2.75, 3.05) is 26.2 Å². The number of amides is 2. The van der Waals surface area contributed by atoms with Crippen molar-refractivity contribution in [3.63, 3.8) is 0 Å². The van der Waals surface area contributed by atoms with E-state index in [1.54, 1.807) is 12.1 Å². The van der Waals surface area contributed by atoms with Gasteiger partial charge in [-0.25, -0.2) is 4.39 Å². The molecule has 0 radical (unpaired) electrons. The Balaban J connectivity index is 0.00000288. The van der Waals surface area contributed by atoms with Crippen LogP contribution < -0.4 is 10.6 Å². The summed E-state index contributed by atoms with van der Waals surface area (Å²) in [5, 5.41) is 5.89. The first-order chi connectivity index (χ1) is 11.1. The first-order valence-electron chi connectivity index (χ1n) is 8.11. The number of benzene rings is 1. The molecule has 0 aliphatic carbocycles. The number of halogens is 2. The molecule has 0 aromatic heterocycles. The number of nitrogens with one attached hydrogen (secondary N) is 2. The van der Waals surface area contributed by atoms with Crippen molar-refractivity contribution in [3.05, 3.63) is 35.6 Å². The Hall–Kier alpha value is -1.66. The highest BCUT2D eigenvalue weighted by atomic mass is 35.5. The number of nitrogens with zero attached hydrogens (tertiary/aromatic N) is 1. The molecule has 1 aliphatic rings. The molecule has 5 nitrogen and oxygen atoms in total. The largest absolute Gasteiger partial charge is 0.347 e. The third-order valence-electron chi connectivity index (χ3n) is 3.95. The lowest BCUT2D eigenvalue weighted by Crippen LogP contribution is -2.47. The third kappa shape index (κ3) is 6.09. The molecule has 2 N–H and O–H groups in total. The minimum absolute atomic E-state index is 0. The number of carbonyl (C=O) groups excluding carboxylic acids is 2. The van der Waals surface area contributed by atoms with E-state index in [9.17, 15) is 14.0 Å². The van der Waals surface area contributed by atoms with Crippen molar-refractivity contribution >= 4 is 24.2 Å². The molecule has 2 rings (SSSR count). The Labute approximate surface area is 148 Å². The molecule has 1 unspecified atom stereocenters. The van der Waals surface area contributed by atoms with E-state index in [4.69, 9.17) is 0 Å². The summed E-state index contributed by atoms with van der Waals surface area (Å²) in [6.07, 6.45) is 1.91. The van der Waals surface area contributed by atoms with Gasteiger partial charge < -0.3 is 15.5 Å². The fourth-order valence-electron chi connectivity index (χ4n) is 2.83. The fourth-order valence-corrected chi connectivity index (χ4v) is 2.83. The van der Waals surface area contributed by atoms with Gasteiger partial charge in [-0.3, -0.25) is 9.59 Å². The van der Waals surface area contributed by atoms with Crippen LogP contribution in [0.25, 0.3) is 0 Å². The molecule has 24 heavy (non-hydrogen) atoms. The summed E-state index contributed by atoms with van der Waals surface area (Å²) in [6, 6.07) is 6.14. The van der Waals surface area contributed by atoms with Gasteiger partial charge in [-0.1, -0.05) is 19.1 Å². The van der Waals surface area contributed by atoms with Crippen LogP contribution in [0.3, 0.4) is 0 Å². The smallest absolute Gasteiger partial charge is 0.242 e. The normalized spacial score (nSPS) is 16.3. The second-order valence-corrected chi connectivity index (χ2v) is 5.82. The first kappa shape index (κ1) is 20.4. The van der Waals surface area contributed by atoms with E-state index in [2.05, 4.69) is 10.6 Å². The Morgan fingerprint density at radius 2 is 2.21 bits per heavy atom. The second kappa shape index (κ2) is 10.3. The minimum atomic E-state index is -0.366. The van der Waals surface area contributed by atoms with Crippen molar-refractivity contribution in [2.45, 2.75) is 32.2 Å². The average molecular weight is 358 g/mol. The SMILES string of the molecule is CCCN(C(=O)CNC(=O)Cc1cccc(F)c1)C1CCNC1.Cl. The summed E-state index contributed by atoms with van der Waals surface area (Å²) < 4.78 is 13.1. The number of rotatable bonds is 7. The monoisotopic (exact) mass is 357 g/mol. The van der Waals surface area contributed by atoms with Crippen LogP contribution in [0.5, 0.6) is 0 Å². The van der Waals surface area contributed by atoms with E-state index >= 15 is 0 Å². The second-order valence-electron chi connectivity index (χ2n) is 5.82. The highest BCUT2D eigenvalue weighted by molar-refractivity contribution is 5.86. The molecule has 1 aliphatic heterocycles. The van der Waals surface area contributed by atoms with Crippen molar-refractivity contribution < 1.29 is 14.0 Å². The molecule has 0 saturated carbocycles. The lowest BCUT2D eigenvalue weighted by atomic mass is 10.1. The van der Waals surface area contributed by atoms with Gasteiger partial charge in [0.2, 0.25) is 11.8 Å². The standard InChI is InChI=1S/C17H24FN3O2.ClH/c1-2-8-21(15-6-7-19-11-15)17(23)12-20-16(22)10-13-4-3-5-14(18)9-13;/h3-5,9,15,19H,2,6-8,10-12H2,1H3,(H,20,22);1H. The van der Waals surface area contributed by atoms with E-state index in [1.165, 1.54) is 12.1 Å². The van der Waals surface area contributed by atoms with E-state index in [0.29, 0.717) is 12.1 Å². The molecule has 1 saturated heterocycles. The molecule has 0 spiro atoms. The Kier molecular flexibility index (Phi) is 8.71. The van der Waals surface area contributed by atoms with E-state index in [1.807, 2.05) is 11.8 Å². The molecule has 0 bridgehead atoms. The summed E-state index contributed by atoms with van der Waals surface area (Å²) in [4.78, 5) is 26.1. The van der Waals surface area contributed by atoms with Crippen molar-refractivity contribution in [1.82, 2.24) is 15.5 Å². The molecular weight excluding hydrogens is 333 g/mol. The molecule has 7 heteroatoms. The van der Waals surface area contributed by atoms with Crippen LogP contribution in [0.1, 0.15) is 25.3 Å². The third-order valence-corrected chi connectivity index (χ3v) is 3.95. The van der Waals surface area contributed by atoms with Crippen molar-refractivity contribution in [2.24, 2.45) is 0 Å². The fraction of sp³-hybridized carbons (Fsp3) is 0.529. The predicted octanol–water partition coefficient (Wildman–Crippen LogP) is 1.51. The van der Waals surface area contributed by atoms with Gasteiger partial charge in [0, 0.05) is 19.1 Å².